The van der Waals surface area contributed by atoms with Crippen molar-refractivity contribution in [3.05, 3.63) is 69.9 Å². The lowest BCUT2D eigenvalue weighted by Gasteiger charge is -2.08. The summed E-state index contributed by atoms with van der Waals surface area (Å²) in [5, 5.41) is 7.34. The molecule has 3 aromatic rings. The van der Waals surface area contributed by atoms with Crippen LogP contribution in [0.3, 0.4) is 0 Å². The van der Waals surface area contributed by atoms with E-state index >= 15 is 0 Å². The number of amides is 2. The number of rotatable bonds is 3. The Hall–Kier alpha value is -2.79. The maximum Gasteiger partial charge on any atom is 0.268 e. The number of fused-ring (bicyclic) bond motifs is 2. The number of benzene rings is 2. The molecule has 1 aliphatic heterocycles. The summed E-state index contributed by atoms with van der Waals surface area (Å²) in [6.07, 6.45) is 0. The van der Waals surface area contributed by atoms with Crippen molar-refractivity contribution in [1.82, 2.24) is 15.2 Å². The predicted octanol–water partition coefficient (Wildman–Crippen LogP) is 3.01. The van der Waals surface area contributed by atoms with Crippen LogP contribution in [0, 0.1) is 0 Å². The largest absolute Gasteiger partial charge is 0.348 e. The third kappa shape index (κ3) is 2.76. The van der Waals surface area contributed by atoms with E-state index in [4.69, 9.17) is 11.6 Å². The number of aryl methyl sites for hydroxylation is 1. The maximum atomic E-state index is 12.5. The number of hydrogen-bond acceptors (Lipinski definition) is 2. The monoisotopic (exact) mass is 353 g/mol. The molecule has 2 aromatic carbocycles. The Bertz CT molecular complexity index is 1020. The first-order valence-corrected chi connectivity index (χ1v) is 8.34. The second kappa shape index (κ2) is 5.93. The minimum atomic E-state index is -0.149. The van der Waals surface area contributed by atoms with Crippen molar-refractivity contribution in [1.29, 1.82) is 0 Å². The van der Waals surface area contributed by atoms with Crippen LogP contribution in [0.15, 0.2) is 42.5 Å². The average molecular weight is 354 g/mol. The highest BCUT2D eigenvalue weighted by molar-refractivity contribution is 6.31. The average Bonchev–Trinajstić information content (AvgIpc) is 3.13. The molecule has 0 spiro atoms. The highest BCUT2D eigenvalue weighted by Crippen LogP contribution is 2.23. The molecule has 5 nitrogen and oxygen atoms in total. The van der Waals surface area contributed by atoms with E-state index in [1.54, 1.807) is 6.07 Å². The zero-order valence-electron chi connectivity index (χ0n) is 13.6. The molecule has 4 rings (SSSR count). The van der Waals surface area contributed by atoms with Crippen molar-refractivity contribution in [3.63, 3.8) is 0 Å². The Morgan fingerprint density at radius 1 is 1.24 bits per heavy atom. The third-order valence-electron chi connectivity index (χ3n) is 4.55. The fraction of sp³-hybridized carbons (Fsp3) is 0.158. The van der Waals surface area contributed by atoms with Gasteiger partial charge in [0, 0.05) is 41.6 Å². The fourth-order valence-corrected chi connectivity index (χ4v) is 3.36. The molecule has 0 radical (unpaired) electrons. The fourth-order valence-electron chi connectivity index (χ4n) is 3.19. The number of carbonyl (C=O) groups is 2. The van der Waals surface area contributed by atoms with Gasteiger partial charge in [-0.15, -0.1) is 0 Å². The zero-order valence-corrected chi connectivity index (χ0v) is 14.4. The molecule has 0 atom stereocenters. The number of hydrogen-bond donors (Lipinski definition) is 2. The molecule has 2 N–H and O–H groups in total. The van der Waals surface area contributed by atoms with Crippen LogP contribution in [-0.2, 0) is 20.1 Å². The van der Waals surface area contributed by atoms with Gasteiger partial charge in [-0.3, -0.25) is 9.59 Å². The Morgan fingerprint density at radius 3 is 2.92 bits per heavy atom. The van der Waals surface area contributed by atoms with E-state index in [9.17, 15) is 9.59 Å². The highest BCUT2D eigenvalue weighted by Gasteiger charge is 2.19. The number of nitrogens with one attached hydrogen (secondary N) is 2. The van der Waals surface area contributed by atoms with E-state index in [-0.39, 0.29) is 11.8 Å². The molecule has 25 heavy (non-hydrogen) atoms. The molecule has 1 aromatic heterocycles. The van der Waals surface area contributed by atoms with Crippen LogP contribution in [0.4, 0.5) is 0 Å². The topological polar surface area (TPSA) is 63.1 Å². The van der Waals surface area contributed by atoms with Gasteiger partial charge < -0.3 is 15.2 Å². The van der Waals surface area contributed by atoms with E-state index in [0.717, 1.165) is 22.0 Å². The first-order chi connectivity index (χ1) is 12.0. The lowest BCUT2D eigenvalue weighted by Crippen LogP contribution is -2.24. The van der Waals surface area contributed by atoms with E-state index in [0.29, 0.717) is 29.4 Å². The Kier molecular flexibility index (Phi) is 3.73. The summed E-state index contributed by atoms with van der Waals surface area (Å²) < 4.78 is 1.84. The van der Waals surface area contributed by atoms with Gasteiger partial charge >= 0.3 is 0 Å². The molecule has 0 saturated carbocycles. The molecule has 0 bridgehead atoms. The smallest absolute Gasteiger partial charge is 0.268 e. The molecule has 2 heterocycles. The molecular weight excluding hydrogens is 338 g/mol. The first kappa shape index (κ1) is 15.7. The maximum absolute atomic E-state index is 12.5. The third-order valence-corrected chi connectivity index (χ3v) is 4.78. The standard InChI is InChI=1S/C19H16ClN3O2/c1-23-16-8-14(20)4-3-12(16)7-17(23)19(25)21-9-11-2-5-15-13(6-11)10-22-18(15)24/h2-8H,9-10H2,1H3,(H,21,25)(H,22,24). The van der Waals surface area contributed by atoms with Crippen molar-refractivity contribution in [2.75, 3.05) is 0 Å². The van der Waals surface area contributed by atoms with Crippen LogP contribution < -0.4 is 10.6 Å². The molecule has 2 amide bonds. The minimum Gasteiger partial charge on any atom is -0.348 e. The SMILES string of the molecule is Cn1c(C(=O)NCc2ccc3c(c2)CNC3=O)cc2ccc(Cl)cc21. The number of aromatic nitrogens is 1. The first-order valence-electron chi connectivity index (χ1n) is 7.96. The summed E-state index contributed by atoms with van der Waals surface area (Å²) in [6.45, 7) is 0.947. The minimum absolute atomic E-state index is 0.0419. The molecule has 126 valence electrons. The van der Waals surface area contributed by atoms with Gasteiger partial charge in [0.05, 0.1) is 0 Å². The Morgan fingerprint density at radius 2 is 2.08 bits per heavy atom. The molecule has 0 saturated heterocycles. The molecular formula is C19H16ClN3O2. The quantitative estimate of drug-likeness (QED) is 0.760. The number of nitrogens with zero attached hydrogens (tertiary/aromatic N) is 1. The van der Waals surface area contributed by atoms with Gasteiger partial charge in [0.25, 0.3) is 11.8 Å². The summed E-state index contributed by atoms with van der Waals surface area (Å²) in [6, 6.07) is 13.0. The molecule has 0 aliphatic carbocycles. The van der Waals surface area contributed by atoms with Crippen LogP contribution in [0.5, 0.6) is 0 Å². The summed E-state index contributed by atoms with van der Waals surface area (Å²) in [7, 11) is 1.85. The summed E-state index contributed by atoms with van der Waals surface area (Å²) in [5.74, 6) is -0.190. The van der Waals surface area contributed by atoms with Gasteiger partial charge in [0.1, 0.15) is 5.69 Å². The van der Waals surface area contributed by atoms with Crippen molar-refractivity contribution < 1.29 is 9.59 Å². The Labute approximate surface area is 149 Å². The Balaban J connectivity index is 1.53. The van der Waals surface area contributed by atoms with Gasteiger partial charge in [-0.05, 0) is 35.4 Å². The van der Waals surface area contributed by atoms with E-state index in [1.807, 2.05) is 48.0 Å². The van der Waals surface area contributed by atoms with E-state index < -0.39 is 0 Å². The summed E-state index contributed by atoms with van der Waals surface area (Å²) in [5.41, 5.74) is 4.14. The molecule has 0 fully saturated rings. The van der Waals surface area contributed by atoms with Crippen molar-refractivity contribution >= 4 is 34.3 Å². The highest BCUT2D eigenvalue weighted by atomic mass is 35.5. The second-order valence-corrected chi connectivity index (χ2v) is 6.59. The van der Waals surface area contributed by atoms with Crippen molar-refractivity contribution in [3.8, 4) is 0 Å². The van der Waals surface area contributed by atoms with Crippen molar-refractivity contribution in [2.24, 2.45) is 7.05 Å². The summed E-state index contributed by atoms with van der Waals surface area (Å²) >= 11 is 6.03. The number of carbonyl (C=O) groups excluding carboxylic acids is 2. The molecule has 0 unspecified atom stereocenters. The summed E-state index contributed by atoms with van der Waals surface area (Å²) in [4.78, 5) is 24.1. The zero-order chi connectivity index (χ0) is 17.6. The molecule has 1 aliphatic rings. The van der Waals surface area contributed by atoms with Crippen LogP contribution in [0.25, 0.3) is 10.9 Å². The lowest BCUT2D eigenvalue weighted by molar-refractivity contribution is 0.0940. The number of halogens is 1. The van der Waals surface area contributed by atoms with Gasteiger partial charge in [0.15, 0.2) is 0 Å². The van der Waals surface area contributed by atoms with Gasteiger partial charge in [-0.25, -0.2) is 0 Å². The van der Waals surface area contributed by atoms with Crippen LogP contribution >= 0.6 is 11.6 Å². The predicted molar refractivity (Wildman–Crippen MR) is 96.7 cm³/mol. The molecule has 6 heteroatoms. The second-order valence-electron chi connectivity index (χ2n) is 6.15. The van der Waals surface area contributed by atoms with Crippen molar-refractivity contribution in [2.45, 2.75) is 13.1 Å². The van der Waals surface area contributed by atoms with Gasteiger partial charge in [-0.2, -0.15) is 0 Å². The van der Waals surface area contributed by atoms with Gasteiger partial charge in [-0.1, -0.05) is 29.8 Å². The van der Waals surface area contributed by atoms with Crippen LogP contribution in [0.2, 0.25) is 5.02 Å². The normalized spacial score (nSPS) is 13.0. The van der Waals surface area contributed by atoms with Gasteiger partial charge in [0.2, 0.25) is 0 Å². The van der Waals surface area contributed by atoms with E-state index in [2.05, 4.69) is 10.6 Å². The van der Waals surface area contributed by atoms with Crippen LogP contribution in [-0.4, -0.2) is 16.4 Å². The van der Waals surface area contributed by atoms with E-state index in [1.165, 1.54) is 0 Å². The van der Waals surface area contributed by atoms with Crippen LogP contribution in [0.1, 0.15) is 32.0 Å². The lowest BCUT2D eigenvalue weighted by atomic mass is 10.1.